The van der Waals surface area contributed by atoms with Gasteiger partial charge in [-0.2, -0.15) is 0 Å². The first-order valence-corrected chi connectivity index (χ1v) is 4.61. The third kappa shape index (κ3) is 1.79. The third-order valence-corrected chi connectivity index (χ3v) is 2.34. The molecule has 0 fully saturated rings. The molecule has 0 bridgehead atoms. The topological polar surface area (TPSA) is 12.9 Å². The highest BCUT2D eigenvalue weighted by Gasteiger charge is 2.03. The Kier molecular flexibility index (Phi) is 3.29. The van der Waals surface area contributed by atoms with Crippen LogP contribution in [0.4, 0.5) is 0 Å². The zero-order valence-electron chi connectivity index (χ0n) is 8.57. The molecular weight excluding hydrogens is 169 g/mol. The lowest BCUT2D eigenvalue weighted by atomic mass is 9.97. The zero-order valence-corrected chi connectivity index (χ0v) is 8.57. The SMILES string of the molecule is CC(C)c1cccc2cnccc12.[B]. The Morgan fingerprint density at radius 3 is 2.64 bits per heavy atom. The Hall–Kier alpha value is -1.31. The van der Waals surface area contributed by atoms with Crippen LogP contribution in [0.3, 0.4) is 0 Å². The van der Waals surface area contributed by atoms with Crippen LogP contribution in [0.2, 0.25) is 0 Å². The van der Waals surface area contributed by atoms with Crippen LogP contribution in [0.25, 0.3) is 10.8 Å². The van der Waals surface area contributed by atoms with Crippen LogP contribution in [-0.2, 0) is 0 Å². The van der Waals surface area contributed by atoms with Crippen molar-refractivity contribution in [1.82, 2.24) is 4.98 Å². The zero-order chi connectivity index (χ0) is 9.26. The van der Waals surface area contributed by atoms with Gasteiger partial charge in [-0.25, -0.2) is 0 Å². The van der Waals surface area contributed by atoms with Gasteiger partial charge in [0.1, 0.15) is 0 Å². The van der Waals surface area contributed by atoms with E-state index in [0.29, 0.717) is 5.92 Å². The highest BCUT2D eigenvalue weighted by Crippen LogP contribution is 2.23. The average molecular weight is 182 g/mol. The fourth-order valence-corrected chi connectivity index (χ4v) is 1.65. The van der Waals surface area contributed by atoms with E-state index in [1.165, 1.54) is 16.3 Å². The molecule has 1 aromatic heterocycles. The van der Waals surface area contributed by atoms with Crippen LogP contribution in [0.5, 0.6) is 0 Å². The largest absolute Gasteiger partial charge is 0.264 e. The normalized spacial score (nSPS) is 10.2. The molecule has 0 amide bonds. The van der Waals surface area contributed by atoms with Gasteiger partial charge in [-0.15, -0.1) is 0 Å². The second kappa shape index (κ2) is 4.27. The molecule has 2 aromatic rings. The van der Waals surface area contributed by atoms with E-state index in [-0.39, 0.29) is 8.41 Å². The summed E-state index contributed by atoms with van der Waals surface area (Å²) in [6.45, 7) is 4.43. The van der Waals surface area contributed by atoms with E-state index in [0.717, 1.165) is 0 Å². The predicted octanol–water partition coefficient (Wildman–Crippen LogP) is 2.98. The summed E-state index contributed by atoms with van der Waals surface area (Å²) >= 11 is 0. The van der Waals surface area contributed by atoms with E-state index in [1.807, 2.05) is 12.4 Å². The molecule has 2 rings (SSSR count). The third-order valence-electron chi connectivity index (χ3n) is 2.34. The number of hydrogen-bond acceptors (Lipinski definition) is 1. The molecule has 3 radical (unpaired) electrons. The van der Waals surface area contributed by atoms with Crippen molar-refractivity contribution < 1.29 is 0 Å². The summed E-state index contributed by atoms with van der Waals surface area (Å²) in [5.41, 5.74) is 1.40. The lowest BCUT2D eigenvalue weighted by Crippen LogP contribution is -1.88. The number of rotatable bonds is 1. The molecule has 1 aromatic carbocycles. The van der Waals surface area contributed by atoms with Crippen molar-refractivity contribution in [3.05, 3.63) is 42.2 Å². The predicted molar refractivity (Wildman–Crippen MR) is 61.6 cm³/mol. The molecule has 0 aliphatic rings. The molecule has 0 spiro atoms. The van der Waals surface area contributed by atoms with Gasteiger partial charge in [0.25, 0.3) is 0 Å². The fourth-order valence-electron chi connectivity index (χ4n) is 1.65. The van der Waals surface area contributed by atoms with Crippen molar-refractivity contribution in [2.75, 3.05) is 0 Å². The van der Waals surface area contributed by atoms with E-state index < -0.39 is 0 Å². The van der Waals surface area contributed by atoms with E-state index in [2.05, 4.69) is 43.1 Å². The maximum Gasteiger partial charge on any atom is 0.0346 e. The number of aromatic nitrogens is 1. The minimum atomic E-state index is 0. The number of benzene rings is 1. The van der Waals surface area contributed by atoms with E-state index in [1.54, 1.807) is 0 Å². The molecule has 2 heteroatoms. The summed E-state index contributed by atoms with van der Waals surface area (Å²) in [7, 11) is 0. The molecule has 0 N–H and O–H groups in total. The highest BCUT2D eigenvalue weighted by molar-refractivity contribution is 5.85. The van der Waals surface area contributed by atoms with Crippen molar-refractivity contribution in [3.8, 4) is 0 Å². The second-order valence-corrected chi connectivity index (χ2v) is 3.60. The van der Waals surface area contributed by atoms with Crippen LogP contribution in [0, 0.1) is 0 Å². The molecule has 1 nitrogen and oxygen atoms in total. The van der Waals surface area contributed by atoms with Crippen molar-refractivity contribution in [2.45, 2.75) is 19.8 Å². The van der Waals surface area contributed by atoms with Gasteiger partial charge in [-0.1, -0.05) is 32.0 Å². The maximum atomic E-state index is 4.11. The van der Waals surface area contributed by atoms with Crippen molar-refractivity contribution >= 4 is 19.2 Å². The molecule has 1 heterocycles. The van der Waals surface area contributed by atoms with Crippen LogP contribution in [0.1, 0.15) is 25.3 Å². The molecule has 0 aliphatic heterocycles. The van der Waals surface area contributed by atoms with E-state index in [4.69, 9.17) is 0 Å². The van der Waals surface area contributed by atoms with E-state index in [9.17, 15) is 0 Å². The fraction of sp³-hybridized carbons (Fsp3) is 0.250. The number of fused-ring (bicyclic) bond motifs is 1. The van der Waals surface area contributed by atoms with Gasteiger partial charge in [-0.3, -0.25) is 4.98 Å². The van der Waals surface area contributed by atoms with Gasteiger partial charge in [0.15, 0.2) is 0 Å². The standard InChI is InChI=1S/C12H13N.B/c1-9(2)11-5-3-4-10-8-13-7-6-12(10)11;/h3-9H,1-2H3;. The molecule has 0 atom stereocenters. The van der Waals surface area contributed by atoms with Crippen molar-refractivity contribution in [3.63, 3.8) is 0 Å². The minimum absolute atomic E-state index is 0. The van der Waals surface area contributed by atoms with Gasteiger partial charge in [0, 0.05) is 26.2 Å². The molecule has 0 aliphatic carbocycles. The van der Waals surface area contributed by atoms with Gasteiger partial charge in [0.2, 0.25) is 0 Å². The first-order valence-electron chi connectivity index (χ1n) is 4.61. The number of pyridine rings is 1. The summed E-state index contributed by atoms with van der Waals surface area (Å²) < 4.78 is 0. The molecule has 69 valence electrons. The molecule has 0 saturated heterocycles. The first-order chi connectivity index (χ1) is 6.29. The average Bonchev–Trinajstić information content (AvgIpc) is 2.17. The summed E-state index contributed by atoms with van der Waals surface area (Å²) in [4.78, 5) is 4.11. The summed E-state index contributed by atoms with van der Waals surface area (Å²) in [6.07, 6.45) is 3.77. The van der Waals surface area contributed by atoms with Crippen molar-refractivity contribution in [1.29, 1.82) is 0 Å². The number of hydrogen-bond donors (Lipinski definition) is 0. The van der Waals surface area contributed by atoms with Gasteiger partial charge in [-0.05, 0) is 22.9 Å². The van der Waals surface area contributed by atoms with Crippen LogP contribution >= 0.6 is 0 Å². The van der Waals surface area contributed by atoms with Gasteiger partial charge < -0.3 is 0 Å². The van der Waals surface area contributed by atoms with Crippen molar-refractivity contribution in [2.24, 2.45) is 0 Å². The minimum Gasteiger partial charge on any atom is -0.264 e. The smallest absolute Gasteiger partial charge is 0.0346 e. The first kappa shape index (κ1) is 10.8. The van der Waals surface area contributed by atoms with Gasteiger partial charge in [0.05, 0.1) is 0 Å². The number of nitrogens with zero attached hydrogens (tertiary/aromatic N) is 1. The van der Waals surface area contributed by atoms with E-state index >= 15 is 0 Å². The Balaban J connectivity index is 0.000000980. The van der Waals surface area contributed by atoms with Crippen LogP contribution < -0.4 is 0 Å². The Labute approximate surface area is 86.7 Å². The Morgan fingerprint density at radius 2 is 1.93 bits per heavy atom. The summed E-state index contributed by atoms with van der Waals surface area (Å²) in [5.74, 6) is 0.575. The maximum absolute atomic E-state index is 4.11. The second-order valence-electron chi connectivity index (χ2n) is 3.60. The quantitative estimate of drug-likeness (QED) is 0.617. The summed E-state index contributed by atoms with van der Waals surface area (Å²) in [5, 5.41) is 2.56. The molecule has 0 unspecified atom stereocenters. The van der Waals surface area contributed by atoms with Gasteiger partial charge >= 0.3 is 0 Å². The molecular formula is C12H13BN. The Bertz CT molecular complexity index is 418. The monoisotopic (exact) mass is 182 g/mol. The van der Waals surface area contributed by atoms with Crippen LogP contribution in [-0.4, -0.2) is 13.4 Å². The lowest BCUT2D eigenvalue weighted by molar-refractivity contribution is 0.876. The molecule has 0 saturated carbocycles. The Morgan fingerprint density at radius 1 is 1.14 bits per heavy atom. The van der Waals surface area contributed by atoms with Crippen LogP contribution in [0.15, 0.2) is 36.7 Å². The highest BCUT2D eigenvalue weighted by atomic mass is 14.6. The molecule has 14 heavy (non-hydrogen) atoms. The lowest BCUT2D eigenvalue weighted by Gasteiger charge is -2.08. The summed E-state index contributed by atoms with van der Waals surface area (Å²) in [6, 6.07) is 8.48.